The molecule has 0 unspecified atom stereocenters. The highest BCUT2D eigenvalue weighted by Gasteiger charge is 2.13. The number of hydrogen-bond acceptors (Lipinski definition) is 6. The van der Waals surface area contributed by atoms with E-state index in [9.17, 15) is 9.90 Å². The number of nitriles is 1. The van der Waals surface area contributed by atoms with Crippen molar-refractivity contribution in [3.05, 3.63) is 53.6 Å². The smallest absolute Gasteiger partial charge is 0.280 e. The number of hydrogen-bond donors (Lipinski definition) is 2. The van der Waals surface area contributed by atoms with Crippen molar-refractivity contribution in [2.24, 2.45) is 5.10 Å². The number of hydrazone groups is 1. The molecule has 2 N–H and O–H groups in total. The van der Waals surface area contributed by atoms with E-state index in [2.05, 4.69) is 10.5 Å². The maximum atomic E-state index is 12.0. The van der Waals surface area contributed by atoms with Gasteiger partial charge in [-0.15, -0.1) is 0 Å². The average molecular weight is 353 g/mol. The fraction of sp³-hybridized carbons (Fsp3) is 0.211. The molecule has 1 amide bonds. The Kier molecular flexibility index (Phi) is 6.57. The molecule has 0 saturated carbocycles. The molecular weight excluding hydrogens is 334 g/mol. The quantitative estimate of drug-likeness (QED) is 0.588. The topological polar surface area (TPSA) is 104 Å². The summed E-state index contributed by atoms with van der Waals surface area (Å²) < 4.78 is 10.8. The highest BCUT2D eigenvalue weighted by Crippen LogP contribution is 2.26. The Hall–Kier alpha value is -3.53. The average Bonchev–Trinajstić information content (AvgIpc) is 2.65. The second kappa shape index (κ2) is 9.08. The Balaban J connectivity index is 1.91. The number of carbonyl (C=O) groups excluding carboxylic acids is 1. The SMILES string of the molecule is CCOc1cc(/C=N\NC(=O)[C@H](C)Oc2ccc(C#N)cc2)ccc1O. The lowest BCUT2D eigenvalue weighted by molar-refractivity contribution is -0.127. The van der Waals surface area contributed by atoms with Crippen LogP contribution in [0, 0.1) is 11.3 Å². The minimum absolute atomic E-state index is 0.0393. The van der Waals surface area contributed by atoms with Crippen LogP contribution in [-0.2, 0) is 4.79 Å². The van der Waals surface area contributed by atoms with Crippen molar-refractivity contribution in [3.8, 4) is 23.3 Å². The van der Waals surface area contributed by atoms with Gasteiger partial charge < -0.3 is 14.6 Å². The van der Waals surface area contributed by atoms with Gasteiger partial charge in [0.05, 0.1) is 24.5 Å². The standard InChI is InChI=1S/C19H19N3O4/c1-3-25-18-10-15(6-9-17(18)23)12-21-22-19(24)13(2)26-16-7-4-14(11-20)5-8-16/h4-10,12-13,23H,3H2,1-2H3,(H,22,24)/b21-12-/t13-/m0/s1. The molecule has 0 aromatic heterocycles. The molecule has 0 fully saturated rings. The largest absolute Gasteiger partial charge is 0.504 e. The normalized spacial score (nSPS) is 11.6. The summed E-state index contributed by atoms with van der Waals surface area (Å²) in [6.45, 7) is 3.83. The van der Waals surface area contributed by atoms with Gasteiger partial charge >= 0.3 is 0 Å². The molecule has 7 heteroatoms. The first-order chi connectivity index (χ1) is 12.5. The van der Waals surface area contributed by atoms with Crippen LogP contribution in [0.1, 0.15) is 25.0 Å². The van der Waals surface area contributed by atoms with Crippen LogP contribution < -0.4 is 14.9 Å². The molecule has 134 valence electrons. The fourth-order valence-corrected chi connectivity index (χ4v) is 2.01. The lowest BCUT2D eigenvalue weighted by Gasteiger charge is -2.12. The number of benzene rings is 2. The second-order valence-electron chi connectivity index (χ2n) is 5.29. The van der Waals surface area contributed by atoms with Gasteiger partial charge in [-0.05, 0) is 61.9 Å². The predicted molar refractivity (Wildman–Crippen MR) is 96.3 cm³/mol. The van der Waals surface area contributed by atoms with Gasteiger partial charge in [0.1, 0.15) is 5.75 Å². The number of phenolic OH excluding ortho intramolecular Hbond substituents is 1. The molecule has 0 saturated heterocycles. The zero-order valence-corrected chi connectivity index (χ0v) is 14.5. The maximum absolute atomic E-state index is 12.0. The number of nitrogens with zero attached hydrogens (tertiary/aromatic N) is 2. The molecule has 0 aliphatic carbocycles. The molecule has 0 radical (unpaired) electrons. The predicted octanol–water partition coefficient (Wildman–Crippen LogP) is 2.58. The van der Waals surface area contributed by atoms with Crippen LogP contribution in [0.2, 0.25) is 0 Å². The summed E-state index contributed by atoms with van der Waals surface area (Å²) in [7, 11) is 0. The molecule has 26 heavy (non-hydrogen) atoms. The lowest BCUT2D eigenvalue weighted by atomic mass is 10.2. The summed E-state index contributed by atoms with van der Waals surface area (Å²) in [6, 6.07) is 13.2. The van der Waals surface area contributed by atoms with E-state index >= 15 is 0 Å². The molecular formula is C19H19N3O4. The van der Waals surface area contributed by atoms with Gasteiger partial charge in [-0.3, -0.25) is 4.79 Å². The van der Waals surface area contributed by atoms with E-state index < -0.39 is 12.0 Å². The number of carbonyl (C=O) groups is 1. The van der Waals surface area contributed by atoms with Crippen LogP contribution in [0.15, 0.2) is 47.6 Å². The summed E-state index contributed by atoms with van der Waals surface area (Å²) in [6.07, 6.45) is 0.674. The summed E-state index contributed by atoms with van der Waals surface area (Å²) in [5, 5.41) is 22.3. The second-order valence-corrected chi connectivity index (χ2v) is 5.29. The Morgan fingerprint density at radius 3 is 2.73 bits per heavy atom. The number of phenols is 1. The van der Waals surface area contributed by atoms with E-state index in [4.69, 9.17) is 14.7 Å². The Labute approximate surface area is 151 Å². The third-order valence-electron chi connectivity index (χ3n) is 3.34. The molecule has 0 heterocycles. The minimum Gasteiger partial charge on any atom is -0.504 e. The fourth-order valence-electron chi connectivity index (χ4n) is 2.01. The van der Waals surface area contributed by atoms with Gasteiger partial charge in [0, 0.05) is 0 Å². The number of rotatable bonds is 7. The van der Waals surface area contributed by atoms with Crippen molar-refractivity contribution in [3.63, 3.8) is 0 Å². The summed E-state index contributed by atoms with van der Waals surface area (Å²) in [5.41, 5.74) is 3.56. The maximum Gasteiger partial charge on any atom is 0.280 e. The van der Waals surface area contributed by atoms with E-state index in [-0.39, 0.29) is 5.75 Å². The molecule has 1 atom stereocenters. The first kappa shape index (κ1) is 18.8. The van der Waals surface area contributed by atoms with E-state index in [1.54, 1.807) is 43.3 Å². The Morgan fingerprint density at radius 1 is 1.35 bits per heavy atom. The van der Waals surface area contributed by atoms with Crippen LogP contribution in [-0.4, -0.2) is 29.9 Å². The zero-order chi connectivity index (χ0) is 18.9. The lowest BCUT2D eigenvalue weighted by Crippen LogP contribution is -2.33. The van der Waals surface area contributed by atoms with Crippen molar-refractivity contribution < 1.29 is 19.4 Å². The van der Waals surface area contributed by atoms with Gasteiger partial charge in [0.25, 0.3) is 5.91 Å². The van der Waals surface area contributed by atoms with Gasteiger partial charge in [-0.2, -0.15) is 10.4 Å². The third kappa shape index (κ3) is 5.24. The van der Waals surface area contributed by atoms with Crippen LogP contribution in [0.25, 0.3) is 0 Å². The van der Waals surface area contributed by atoms with Crippen molar-refractivity contribution in [1.82, 2.24) is 5.43 Å². The van der Waals surface area contributed by atoms with Gasteiger partial charge in [-0.1, -0.05) is 0 Å². The molecule has 0 spiro atoms. The monoisotopic (exact) mass is 353 g/mol. The van der Waals surface area contributed by atoms with E-state index in [1.165, 1.54) is 12.3 Å². The number of nitrogens with one attached hydrogen (secondary N) is 1. The number of aromatic hydroxyl groups is 1. The highest BCUT2D eigenvalue weighted by atomic mass is 16.5. The Bertz CT molecular complexity index is 826. The molecule has 2 aromatic carbocycles. The number of amides is 1. The minimum atomic E-state index is -0.765. The Morgan fingerprint density at radius 2 is 2.08 bits per heavy atom. The summed E-state index contributed by atoms with van der Waals surface area (Å²) >= 11 is 0. The van der Waals surface area contributed by atoms with E-state index in [1.807, 2.05) is 13.0 Å². The van der Waals surface area contributed by atoms with Gasteiger partial charge in [0.15, 0.2) is 17.6 Å². The first-order valence-electron chi connectivity index (χ1n) is 7.99. The van der Waals surface area contributed by atoms with Crippen molar-refractivity contribution in [2.75, 3.05) is 6.61 Å². The molecule has 0 bridgehead atoms. The molecule has 0 aliphatic heterocycles. The molecule has 2 rings (SSSR count). The first-order valence-corrected chi connectivity index (χ1v) is 7.99. The van der Waals surface area contributed by atoms with Crippen LogP contribution >= 0.6 is 0 Å². The van der Waals surface area contributed by atoms with Crippen LogP contribution in [0.5, 0.6) is 17.2 Å². The van der Waals surface area contributed by atoms with E-state index in [0.717, 1.165) is 0 Å². The highest BCUT2D eigenvalue weighted by molar-refractivity contribution is 5.84. The molecule has 2 aromatic rings. The molecule has 0 aliphatic rings. The molecule has 7 nitrogen and oxygen atoms in total. The number of ether oxygens (including phenoxy) is 2. The zero-order valence-electron chi connectivity index (χ0n) is 14.5. The van der Waals surface area contributed by atoms with Gasteiger partial charge in [-0.25, -0.2) is 5.43 Å². The van der Waals surface area contributed by atoms with Crippen LogP contribution in [0.3, 0.4) is 0 Å². The van der Waals surface area contributed by atoms with Crippen molar-refractivity contribution in [1.29, 1.82) is 5.26 Å². The van der Waals surface area contributed by atoms with Gasteiger partial charge in [0.2, 0.25) is 0 Å². The van der Waals surface area contributed by atoms with Crippen LogP contribution in [0.4, 0.5) is 0 Å². The summed E-state index contributed by atoms with van der Waals surface area (Å²) in [4.78, 5) is 12.0. The van der Waals surface area contributed by atoms with E-state index in [0.29, 0.717) is 29.2 Å². The van der Waals surface area contributed by atoms with Crippen molar-refractivity contribution >= 4 is 12.1 Å². The van der Waals surface area contributed by atoms with Crippen molar-refractivity contribution in [2.45, 2.75) is 20.0 Å². The summed E-state index contributed by atoms with van der Waals surface area (Å²) in [5.74, 6) is 0.447. The third-order valence-corrected chi connectivity index (χ3v) is 3.34.